The zero-order chi connectivity index (χ0) is 30.8. The minimum absolute atomic E-state index is 0.403. The summed E-state index contributed by atoms with van der Waals surface area (Å²) in [4.78, 5) is 0. The van der Waals surface area contributed by atoms with E-state index in [0.29, 0.717) is 51.6 Å². The van der Waals surface area contributed by atoms with E-state index >= 15 is 0 Å². The highest BCUT2D eigenvalue weighted by atomic mass is 16.7. The quantitative estimate of drug-likeness (QED) is 0.201. The number of ether oxygens (including phenoxy) is 8. The highest BCUT2D eigenvalue weighted by Crippen LogP contribution is 2.62. The van der Waals surface area contributed by atoms with E-state index in [9.17, 15) is 0 Å². The molecule has 0 aliphatic carbocycles. The zero-order valence-electron chi connectivity index (χ0n) is 25.5. The number of methoxy groups -OCH3 is 6. The smallest absolute Gasteiger partial charge is 0.302 e. The predicted molar refractivity (Wildman–Crippen MR) is 168 cm³/mol. The first-order chi connectivity index (χ1) is 21.5. The highest BCUT2D eigenvalue weighted by Gasteiger charge is 2.54. The molecule has 0 saturated heterocycles. The van der Waals surface area contributed by atoms with Crippen molar-refractivity contribution in [3.63, 3.8) is 0 Å². The highest BCUT2D eigenvalue weighted by molar-refractivity contribution is 5.80. The molecule has 8 heteroatoms. The molecule has 0 N–H and O–H groups in total. The maximum atomic E-state index is 7.06. The van der Waals surface area contributed by atoms with Crippen LogP contribution in [-0.4, -0.2) is 42.7 Å². The number of fused-ring (bicyclic) bond motifs is 3. The van der Waals surface area contributed by atoms with E-state index in [-0.39, 0.29) is 0 Å². The average molecular weight is 595 g/mol. The molecule has 0 spiro atoms. The Morgan fingerprint density at radius 3 is 1.75 bits per heavy atom. The van der Waals surface area contributed by atoms with E-state index in [1.807, 2.05) is 72.8 Å². The zero-order valence-corrected chi connectivity index (χ0v) is 25.5. The number of allylic oxidation sites excluding steroid dienone is 1. The summed E-state index contributed by atoms with van der Waals surface area (Å²) in [5.41, 5.74) is 4.05. The van der Waals surface area contributed by atoms with Crippen LogP contribution < -0.4 is 37.9 Å². The van der Waals surface area contributed by atoms with Crippen LogP contribution in [0.2, 0.25) is 0 Å². The van der Waals surface area contributed by atoms with Gasteiger partial charge in [-0.15, -0.1) is 0 Å². The summed E-state index contributed by atoms with van der Waals surface area (Å²) in [5.74, 6) is 1.87. The first-order valence-electron chi connectivity index (χ1n) is 14.1. The molecule has 0 radical (unpaired) electrons. The molecule has 44 heavy (non-hydrogen) atoms. The lowest BCUT2D eigenvalue weighted by Crippen LogP contribution is -2.47. The molecule has 0 fully saturated rings. The van der Waals surface area contributed by atoms with Gasteiger partial charge in [0.05, 0.1) is 53.8 Å². The normalized spacial score (nSPS) is 18.0. The Labute approximate surface area is 256 Å². The van der Waals surface area contributed by atoms with Crippen molar-refractivity contribution in [3.05, 3.63) is 107 Å². The molecule has 0 bridgehead atoms. The van der Waals surface area contributed by atoms with Crippen LogP contribution in [0.5, 0.6) is 46.0 Å². The standard InChI is InChI=1S/C36H34O8/c1-37-27-20-29(39-3)33(41-5)32-25(27)19-26-24(18-17-22-13-9-7-10-14-22)31-28(38-2)21-30(40-4)34(42-6)35(31)44-36(26,43-32)23-15-11-8-12-16-23/h7-21,24H,1-6H3/b18-17+/t24-,36-/m1/s1. The number of hydrogen-bond donors (Lipinski definition) is 0. The molecular weight excluding hydrogens is 560 g/mol. The Kier molecular flexibility index (Phi) is 7.74. The van der Waals surface area contributed by atoms with Crippen molar-refractivity contribution in [1.82, 2.24) is 0 Å². The van der Waals surface area contributed by atoms with Crippen molar-refractivity contribution < 1.29 is 37.9 Å². The van der Waals surface area contributed by atoms with Gasteiger partial charge in [0.25, 0.3) is 0 Å². The van der Waals surface area contributed by atoms with E-state index in [2.05, 4.69) is 12.2 Å². The fraction of sp³-hybridized carbons (Fsp3) is 0.222. The summed E-state index contributed by atoms with van der Waals surface area (Å²) in [6.07, 6.45) is 6.25. The Balaban J connectivity index is 1.74. The molecule has 2 aliphatic rings. The fourth-order valence-corrected chi connectivity index (χ4v) is 5.92. The summed E-state index contributed by atoms with van der Waals surface area (Å²) in [6.45, 7) is 0. The lowest BCUT2D eigenvalue weighted by molar-refractivity contribution is -0.102. The maximum absolute atomic E-state index is 7.06. The fourth-order valence-electron chi connectivity index (χ4n) is 5.92. The van der Waals surface area contributed by atoms with Crippen LogP contribution in [0.25, 0.3) is 12.2 Å². The number of rotatable bonds is 9. The third kappa shape index (κ3) is 4.54. The SMILES string of the molecule is COc1cc(OC)c(OC)c2c1C=C1[C@@H](/C=C/c3ccccc3)c3c(OC)cc(OC)c(OC)c3O[C@@]1(c1ccccc1)O2. The predicted octanol–water partition coefficient (Wildman–Crippen LogP) is 7.26. The minimum atomic E-state index is -1.46. The van der Waals surface area contributed by atoms with Crippen LogP contribution in [0.3, 0.4) is 0 Å². The third-order valence-electron chi connectivity index (χ3n) is 7.94. The molecule has 2 heterocycles. The molecule has 4 aromatic rings. The minimum Gasteiger partial charge on any atom is -0.496 e. The van der Waals surface area contributed by atoms with Crippen LogP contribution >= 0.6 is 0 Å². The van der Waals surface area contributed by atoms with Gasteiger partial charge in [-0.3, -0.25) is 0 Å². The molecule has 2 atom stereocenters. The van der Waals surface area contributed by atoms with Crippen molar-refractivity contribution in [3.8, 4) is 46.0 Å². The summed E-state index contributed by atoms with van der Waals surface area (Å²) in [5, 5.41) is 0. The summed E-state index contributed by atoms with van der Waals surface area (Å²) in [7, 11) is 9.54. The summed E-state index contributed by atoms with van der Waals surface area (Å²) < 4.78 is 49.1. The lowest BCUT2D eigenvalue weighted by atomic mass is 9.77. The van der Waals surface area contributed by atoms with E-state index in [4.69, 9.17) is 37.9 Å². The molecule has 8 nitrogen and oxygen atoms in total. The molecule has 4 aromatic carbocycles. The van der Waals surface area contributed by atoms with Gasteiger partial charge in [-0.1, -0.05) is 72.8 Å². The molecule has 0 amide bonds. The molecule has 0 saturated carbocycles. The van der Waals surface area contributed by atoms with Gasteiger partial charge in [0, 0.05) is 29.2 Å². The second kappa shape index (κ2) is 11.8. The van der Waals surface area contributed by atoms with Gasteiger partial charge < -0.3 is 37.9 Å². The lowest BCUT2D eigenvalue weighted by Gasteiger charge is -2.46. The third-order valence-corrected chi connectivity index (χ3v) is 7.94. The second-order valence-electron chi connectivity index (χ2n) is 10.1. The van der Waals surface area contributed by atoms with Crippen LogP contribution in [0, 0.1) is 0 Å². The van der Waals surface area contributed by atoms with Crippen LogP contribution in [0.1, 0.15) is 28.2 Å². The molecule has 0 unspecified atom stereocenters. The summed E-state index contributed by atoms with van der Waals surface area (Å²) >= 11 is 0. The molecule has 6 rings (SSSR count). The molecule has 226 valence electrons. The average Bonchev–Trinajstić information content (AvgIpc) is 3.08. The van der Waals surface area contributed by atoms with E-state index in [1.165, 1.54) is 0 Å². The summed E-state index contributed by atoms with van der Waals surface area (Å²) in [6, 6.07) is 23.5. The number of benzene rings is 4. The van der Waals surface area contributed by atoms with Crippen LogP contribution in [0.4, 0.5) is 0 Å². The topological polar surface area (TPSA) is 73.8 Å². The van der Waals surface area contributed by atoms with E-state index in [0.717, 1.165) is 22.3 Å². The van der Waals surface area contributed by atoms with Gasteiger partial charge in [0.15, 0.2) is 23.0 Å². The number of hydrogen-bond acceptors (Lipinski definition) is 8. The van der Waals surface area contributed by atoms with E-state index < -0.39 is 11.7 Å². The Hall–Kier alpha value is -5.24. The van der Waals surface area contributed by atoms with Gasteiger partial charge in [-0.05, 0) is 11.6 Å². The molecule has 0 aromatic heterocycles. The van der Waals surface area contributed by atoms with Crippen molar-refractivity contribution in [2.24, 2.45) is 0 Å². The monoisotopic (exact) mass is 594 g/mol. The Bertz CT molecular complexity index is 1730. The first kappa shape index (κ1) is 28.9. The molecule has 2 aliphatic heterocycles. The van der Waals surface area contributed by atoms with Crippen molar-refractivity contribution in [1.29, 1.82) is 0 Å². The van der Waals surface area contributed by atoms with Gasteiger partial charge in [-0.25, -0.2) is 0 Å². The maximum Gasteiger partial charge on any atom is 0.302 e. The second-order valence-corrected chi connectivity index (χ2v) is 10.1. The van der Waals surface area contributed by atoms with Crippen molar-refractivity contribution >= 4 is 12.2 Å². The largest absolute Gasteiger partial charge is 0.496 e. The van der Waals surface area contributed by atoms with Gasteiger partial charge in [-0.2, -0.15) is 0 Å². The van der Waals surface area contributed by atoms with Gasteiger partial charge in [0.2, 0.25) is 11.5 Å². The first-order valence-corrected chi connectivity index (χ1v) is 14.1. The Morgan fingerprint density at radius 1 is 0.614 bits per heavy atom. The van der Waals surface area contributed by atoms with Gasteiger partial charge in [0.1, 0.15) is 11.5 Å². The van der Waals surface area contributed by atoms with Crippen LogP contribution in [0.15, 0.2) is 84.4 Å². The van der Waals surface area contributed by atoms with E-state index in [1.54, 1.807) is 48.7 Å². The van der Waals surface area contributed by atoms with Crippen molar-refractivity contribution in [2.75, 3.05) is 42.7 Å². The van der Waals surface area contributed by atoms with Gasteiger partial charge >= 0.3 is 5.79 Å². The van der Waals surface area contributed by atoms with Crippen molar-refractivity contribution in [2.45, 2.75) is 11.7 Å². The Morgan fingerprint density at radius 2 is 1.16 bits per heavy atom. The molecular formula is C36H34O8. The van der Waals surface area contributed by atoms with Crippen LogP contribution in [-0.2, 0) is 5.79 Å².